The molecule has 5 heteroatoms. The first-order valence-electron chi connectivity index (χ1n) is 8.98. The maximum atomic E-state index is 5.38. The van der Waals surface area contributed by atoms with Gasteiger partial charge in [0.1, 0.15) is 5.76 Å². The fourth-order valence-corrected chi connectivity index (χ4v) is 3.32. The zero-order valence-corrected chi connectivity index (χ0v) is 15.5. The number of aryl methyl sites for hydroxylation is 1. The number of nitrogens with zero attached hydrogens (tertiary/aromatic N) is 3. The van der Waals surface area contributed by atoms with E-state index < -0.39 is 0 Å². The minimum absolute atomic E-state index is 0.831. The van der Waals surface area contributed by atoms with Gasteiger partial charge in [-0.05, 0) is 43.2 Å². The molecule has 1 fully saturated rings. The number of guanidine groups is 1. The van der Waals surface area contributed by atoms with Crippen LogP contribution in [0.25, 0.3) is 0 Å². The lowest BCUT2D eigenvalue weighted by Crippen LogP contribution is -2.53. The highest BCUT2D eigenvalue weighted by molar-refractivity contribution is 5.80. The summed E-state index contributed by atoms with van der Waals surface area (Å²) in [5.41, 5.74) is 4.10. The van der Waals surface area contributed by atoms with Crippen LogP contribution in [0.15, 0.2) is 46.0 Å². The van der Waals surface area contributed by atoms with Crippen LogP contribution >= 0.6 is 0 Å². The summed E-state index contributed by atoms with van der Waals surface area (Å²) in [6.45, 7) is 9.22. The predicted molar refractivity (Wildman–Crippen MR) is 103 cm³/mol. The van der Waals surface area contributed by atoms with Crippen molar-refractivity contribution in [1.82, 2.24) is 10.2 Å². The quantitative estimate of drug-likeness (QED) is 0.687. The molecule has 0 amide bonds. The third-order valence-electron chi connectivity index (χ3n) is 4.94. The minimum Gasteiger partial charge on any atom is -0.469 e. The Morgan fingerprint density at radius 3 is 2.60 bits per heavy atom. The largest absolute Gasteiger partial charge is 0.469 e. The van der Waals surface area contributed by atoms with Crippen LogP contribution in [0.1, 0.15) is 16.9 Å². The zero-order valence-electron chi connectivity index (χ0n) is 15.5. The Balaban J connectivity index is 1.52. The molecule has 1 aromatic carbocycles. The van der Waals surface area contributed by atoms with Gasteiger partial charge in [-0.15, -0.1) is 0 Å². The third kappa shape index (κ3) is 4.16. The van der Waals surface area contributed by atoms with Crippen molar-refractivity contribution < 1.29 is 4.42 Å². The second kappa shape index (κ2) is 8.10. The van der Waals surface area contributed by atoms with Crippen molar-refractivity contribution in [3.05, 3.63) is 53.5 Å². The third-order valence-corrected chi connectivity index (χ3v) is 4.94. The second-order valence-corrected chi connectivity index (χ2v) is 6.50. The molecular formula is C20H28N4O. The number of nitrogens with one attached hydrogen (secondary N) is 1. The molecule has 1 saturated heterocycles. The van der Waals surface area contributed by atoms with Crippen LogP contribution < -0.4 is 10.2 Å². The smallest absolute Gasteiger partial charge is 0.193 e. The average Bonchev–Trinajstić information content (AvgIpc) is 3.15. The molecule has 1 aromatic heterocycles. The number of rotatable bonds is 4. The highest BCUT2D eigenvalue weighted by Gasteiger charge is 2.20. The second-order valence-electron chi connectivity index (χ2n) is 6.50. The van der Waals surface area contributed by atoms with Crippen molar-refractivity contribution in [2.75, 3.05) is 44.7 Å². The lowest BCUT2D eigenvalue weighted by atomic mass is 10.1. The summed E-state index contributed by atoms with van der Waals surface area (Å²) in [5.74, 6) is 1.98. The van der Waals surface area contributed by atoms with E-state index in [0.29, 0.717) is 0 Å². The minimum atomic E-state index is 0.831. The molecule has 1 aliphatic heterocycles. The van der Waals surface area contributed by atoms with Gasteiger partial charge in [0.2, 0.25) is 0 Å². The van der Waals surface area contributed by atoms with Gasteiger partial charge >= 0.3 is 0 Å². The topological polar surface area (TPSA) is 44.0 Å². The van der Waals surface area contributed by atoms with Gasteiger partial charge < -0.3 is 19.5 Å². The van der Waals surface area contributed by atoms with Crippen molar-refractivity contribution >= 4 is 11.6 Å². The molecule has 1 aliphatic rings. The fourth-order valence-electron chi connectivity index (χ4n) is 3.32. The maximum absolute atomic E-state index is 5.38. The Morgan fingerprint density at radius 1 is 1.12 bits per heavy atom. The SMILES string of the molecule is CN=C(NCCc1ccco1)N1CCN(c2cccc(C)c2C)CC1. The molecule has 0 radical (unpaired) electrons. The van der Waals surface area contributed by atoms with Crippen LogP contribution in [-0.4, -0.2) is 50.6 Å². The summed E-state index contributed by atoms with van der Waals surface area (Å²) >= 11 is 0. The lowest BCUT2D eigenvalue weighted by Gasteiger charge is -2.38. The molecule has 0 spiro atoms. The Hall–Kier alpha value is -2.43. The Kier molecular flexibility index (Phi) is 5.64. The van der Waals surface area contributed by atoms with Gasteiger partial charge in [0, 0.05) is 51.9 Å². The van der Waals surface area contributed by atoms with Crippen LogP contribution in [0.5, 0.6) is 0 Å². The van der Waals surface area contributed by atoms with Crippen molar-refractivity contribution in [3.8, 4) is 0 Å². The molecular weight excluding hydrogens is 312 g/mol. The van der Waals surface area contributed by atoms with E-state index in [1.54, 1.807) is 6.26 Å². The van der Waals surface area contributed by atoms with E-state index in [0.717, 1.165) is 50.9 Å². The molecule has 0 aliphatic carbocycles. The normalized spacial score (nSPS) is 15.6. The standard InChI is InChI=1S/C20H28N4O/c1-16-6-4-8-19(17(16)2)23-11-13-24(14-12-23)20(21-3)22-10-9-18-7-5-15-25-18/h4-8,15H,9-14H2,1-3H3,(H,21,22). The zero-order chi connectivity index (χ0) is 17.6. The van der Waals surface area contributed by atoms with Gasteiger partial charge in [0.25, 0.3) is 0 Å². The van der Waals surface area contributed by atoms with E-state index in [1.807, 2.05) is 19.2 Å². The van der Waals surface area contributed by atoms with E-state index >= 15 is 0 Å². The van der Waals surface area contributed by atoms with Gasteiger partial charge in [0.15, 0.2) is 5.96 Å². The van der Waals surface area contributed by atoms with Crippen molar-refractivity contribution in [3.63, 3.8) is 0 Å². The van der Waals surface area contributed by atoms with E-state index in [-0.39, 0.29) is 0 Å². The van der Waals surface area contributed by atoms with Crippen LogP contribution in [-0.2, 0) is 6.42 Å². The van der Waals surface area contributed by atoms with E-state index in [9.17, 15) is 0 Å². The van der Waals surface area contributed by atoms with Crippen molar-refractivity contribution in [2.24, 2.45) is 4.99 Å². The first kappa shape index (κ1) is 17.4. The molecule has 0 bridgehead atoms. The highest BCUT2D eigenvalue weighted by atomic mass is 16.3. The number of aliphatic imine (C=N–C) groups is 1. The fraction of sp³-hybridized carbons (Fsp3) is 0.450. The Labute approximate surface area is 150 Å². The van der Waals surface area contributed by atoms with Gasteiger partial charge in [-0.3, -0.25) is 4.99 Å². The van der Waals surface area contributed by atoms with E-state index in [2.05, 4.69) is 52.2 Å². The van der Waals surface area contributed by atoms with Crippen molar-refractivity contribution in [1.29, 1.82) is 0 Å². The number of anilines is 1. The summed E-state index contributed by atoms with van der Waals surface area (Å²) in [5, 5.41) is 3.45. The number of furan rings is 1. The van der Waals surface area contributed by atoms with E-state index in [4.69, 9.17) is 4.42 Å². The first-order valence-corrected chi connectivity index (χ1v) is 8.98. The predicted octanol–water partition coefficient (Wildman–Crippen LogP) is 2.84. The number of benzene rings is 1. The molecule has 2 heterocycles. The van der Waals surface area contributed by atoms with Gasteiger partial charge in [-0.1, -0.05) is 12.1 Å². The van der Waals surface area contributed by atoms with Crippen LogP contribution in [0, 0.1) is 13.8 Å². The first-order chi connectivity index (χ1) is 12.2. The lowest BCUT2D eigenvalue weighted by molar-refractivity contribution is 0.372. The van der Waals surface area contributed by atoms with Crippen LogP contribution in [0.3, 0.4) is 0 Å². The molecule has 5 nitrogen and oxygen atoms in total. The summed E-state index contributed by atoms with van der Waals surface area (Å²) in [4.78, 5) is 9.26. The number of hydrogen-bond donors (Lipinski definition) is 1. The monoisotopic (exact) mass is 340 g/mol. The summed E-state index contributed by atoms with van der Waals surface area (Å²) in [6.07, 6.45) is 2.59. The number of piperazine rings is 1. The van der Waals surface area contributed by atoms with Gasteiger partial charge in [-0.2, -0.15) is 0 Å². The van der Waals surface area contributed by atoms with Gasteiger partial charge in [-0.25, -0.2) is 0 Å². The average molecular weight is 340 g/mol. The van der Waals surface area contributed by atoms with Crippen LogP contribution in [0.4, 0.5) is 5.69 Å². The number of hydrogen-bond acceptors (Lipinski definition) is 3. The Bertz CT molecular complexity index is 700. The summed E-state index contributed by atoms with van der Waals surface area (Å²) in [6, 6.07) is 10.5. The van der Waals surface area contributed by atoms with E-state index in [1.165, 1.54) is 16.8 Å². The molecule has 0 saturated carbocycles. The summed E-state index contributed by atoms with van der Waals surface area (Å²) < 4.78 is 5.38. The molecule has 2 aromatic rings. The molecule has 0 unspecified atom stereocenters. The molecule has 0 atom stereocenters. The molecule has 1 N–H and O–H groups in total. The van der Waals surface area contributed by atoms with Crippen LogP contribution in [0.2, 0.25) is 0 Å². The Morgan fingerprint density at radius 2 is 1.92 bits per heavy atom. The molecule has 3 rings (SSSR count). The highest BCUT2D eigenvalue weighted by Crippen LogP contribution is 2.23. The molecule has 134 valence electrons. The van der Waals surface area contributed by atoms with Gasteiger partial charge in [0.05, 0.1) is 6.26 Å². The summed E-state index contributed by atoms with van der Waals surface area (Å²) in [7, 11) is 1.85. The molecule has 25 heavy (non-hydrogen) atoms. The van der Waals surface area contributed by atoms with Crippen molar-refractivity contribution in [2.45, 2.75) is 20.3 Å². The maximum Gasteiger partial charge on any atom is 0.193 e.